The first kappa shape index (κ1) is 9.12. The van der Waals surface area contributed by atoms with E-state index < -0.39 is 8.32 Å². The molecule has 3 nitrogen and oxygen atoms in total. The van der Waals surface area contributed by atoms with Gasteiger partial charge in [-0.1, -0.05) is 6.08 Å². The molecule has 0 amide bonds. The van der Waals surface area contributed by atoms with E-state index in [4.69, 9.17) is 9.16 Å². The zero-order chi connectivity index (χ0) is 9.64. The van der Waals surface area contributed by atoms with Crippen molar-refractivity contribution in [2.24, 2.45) is 0 Å². The Hall–Kier alpha value is -0.453. The van der Waals surface area contributed by atoms with E-state index >= 15 is 0 Å². The smallest absolute Gasteiger partial charge is 0.186 e. The largest absolute Gasteiger partial charge is 0.409 e. The number of hydrogen-bond acceptors (Lipinski definition) is 3. The number of ketones is 1. The zero-order valence-corrected chi connectivity index (χ0v) is 9.11. The molecule has 0 bridgehead atoms. The van der Waals surface area contributed by atoms with Gasteiger partial charge in [-0.05, 0) is 25.7 Å². The van der Waals surface area contributed by atoms with Crippen LogP contribution in [-0.4, -0.2) is 32.4 Å². The van der Waals surface area contributed by atoms with Crippen molar-refractivity contribution < 1.29 is 14.0 Å². The molecule has 0 aromatic carbocycles. The lowest BCUT2D eigenvalue weighted by molar-refractivity contribution is -0.115. The second-order valence-corrected chi connectivity index (χ2v) is 8.94. The van der Waals surface area contributed by atoms with E-state index in [-0.39, 0.29) is 24.1 Å². The van der Waals surface area contributed by atoms with Gasteiger partial charge in [0.25, 0.3) is 0 Å². The molecule has 1 aliphatic heterocycles. The van der Waals surface area contributed by atoms with Gasteiger partial charge in [0.2, 0.25) is 0 Å². The van der Waals surface area contributed by atoms with Crippen LogP contribution in [0.15, 0.2) is 12.2 Å². The van der Waals surface area contributed by atoms with Crippen LogP contribution in [0, 0.1) is 0 Å². The first-order valence-corrected chi connectivity index (χ1v) is 7.93. The summed E-state index contributed by atoms with van der Waals surface area (Å²) < 4.78 is 11.1. The Morgan fingerprint density at radius 1 is 1.46 bits per heavy atom. The highest BCUT2D eigenvalue weighted by atomic mass is 28.4. The van der Waals surface area contributed by atoms with Crippen molar-refractivity contribution >= 4 is 14.1 Å². The van der Waals surface area contributed by atoms with Crippen molar-refractivity contribution in [3.8, 4) is 0 Å². The minimum atomic E-state index is -1.52. The molecule has 0 saturated carbocycles. The van der Waals surface area contributed by atoms with Gasteiger partial charge in [-0.3, -0.25) is 4.79 Å². The highest BCUT2D eigenvalue weighted by molar-refractivity contribution is 6.69. The molecule has 0 aromatic heterocycles. The summed E-state index contributed by atoms with van der Waals surface area (Å²) >= 11 is 0. The molecule has 0 aromatic rings. The van der Waals surface area contributed by atoms with E-state index in [1.807, 2.05) is 6.08 Å². The van der Waals surface area contributed by atoms with Gasteiger partial charge in [0, 0.05) is 0 Å². The Labute approximate surface area is 78.9 Å². The van der Waals surface area contributed by atoms with Crippen molar-refractivity contribution in [1.82, 2.24) is 0 Å². The minimum Gasteiger partial charge on any atom is -0.409 e. The highest BCUT2D eigenvalue weighted by Gasteiger charge is 2.51. The SMILES string of the molecule is C[Si](C)(C)O[C@@H]1C=CC(=O)[C@H]2O[C@H]21. The summed E-state index contributed by atoms with van der Waals surface area (Å²) in [5.74, 6) is 0.0837. The standard InChI is InChI=1S/C9H14O3Si/c1-13(2,3)12-7-5-4-6(10)8-9(7)11-8/h4-5,7-9H,1-3H3/t7-,8-,9+/m1/s1. The van der Waals surface area contributed by atoms with Gasteiger partial charge in [-0.25, -0.2) is 0 Å². The molecule has 1 fully saturated rings. The molecular formula is C9H14O3Si. The molecule has 3 atom stereocenters. The van der Waals surface area contributed by atoms with Crippen molar-refractivity contribution in [2.75, 3.05) is 0 Å². The summed E-state index contributed by atoms with van der Waals surface area (Å²) in [5, 5.41) is 0. The van der Waals surface area contributed by atoms with Crippen LogP contribution in [0.5, 0.6) is 0 Å². The highest BCUT2D eigenvalue weighted by Crippen LogP contribution is 2.33. The summed E-state index contributed by atoms with van der Waals surface area (Å²) in [5.41, 5.74) is 0. The van der Waals surface area contributed by atoms with Crippen molar-refractivity contribution in [3.63, 3.8) is 0 Å². The molecule has 1 saturated heterocycles. The number of carbonyl (C=O) groups excluding carboxylic acids is 1. The van der Waals surface area contributed by atoms with Gasteiger partial charge in [0.15, 0.2) is 14.1 Å². The number of epoxide rings is 1. The lowest BCUT2D eigenvalue weighted by Crippen LogP contribution is -2.36. The van der Waals surface area contributed by atoms with Gasteiger partial charge in [-0.2, -0.15) is 0 Å². The quantitative estimate of drug-likeness (QED) is 0.493. The van der Waals surface area contributed by atoms with Crippen LogP contribution >= 0.6 is 0 Å². The Morgan fingerprint density at radius 3 is 2.77 bits per heavy atom. The van der Waals surface area contributed by atoms with Gasteiger partial charge >= 0.3 is 0 Å². The summed E-state index contributed by atoms with van der Waals surface area (Å²) in [7, 11) is -1.52. The minimum absolute atomic E-state index is 0.00391. The fourth-order valence-electron chi connectivity index (χ4n) is 1.51. The lowest BCUT2D eigenvalue weighted by Gasteiger charge is -2.23. The van der Waals surface area contributed by atoms with E-state index in [2.05, 4.69) is 19.6 Å². The van der Waals surface area contributed by atoms with E-state index in [1.54, 1.807) is 6.08 Å². The fourth-order valence-corrected chi connectivity index (χ4v) is 2.54. The number of rotatable bonds is 2. The van der Waals surface area contributed by atoms with Crippen LogP contribution in [0.1, 0.15) is 0 Å². The third-order valence-electron chi connectivity index (χ3n) is 2.07. The van der Waals surface area contributed by atoms with Gasteiger partial charge in [0.1, 0.15) is 12.2 Å². The molecule has 72 valence electrons. The Bertz CT molecular complexity index is 267. The first-order chi connectivity index (χ1) is 5.97. The van der Waals surface area contributed by atoms with E-state index in [0.29, 0.717) is 0 Å². The molecule has 0 spiro atoms. The summed E-state index contributed by atoms with van der Waals surface area (Å²) in [6.45, 7) is 6.40. The van der Waals surface area contributed by atoms with Gasteiger partial charge in [0.05, 0.1) is 6.10 Å². The summed E-state index contributed by atoms with van der Waals surface area (Å²) in [6, 6.07) is 0. The molecule has 2 aliphatic rings. The van der Waals surface area contributed by atoms with Crippen molar-refractivity contribution in [3.05, 3.63) is 12.2 Å². The van der Waals surface area contributed by atoms with Crippen molar-refractivity contribution in [1.29, 1.82) is 0 Å². The van der Waals surface area contributed by atoms with E-state index in [1.165, 1.54) is 0 Å². The van der Waals surface area contributed by atoms with Crippen LogP contribution in [0.2, 0.25) is 19.6 Å². The molecule has 0 unspecified atom stereocenters. The molecule has 1 heterocycles. The fraction of sp³-hybridized carbons (Fsp3) is 0.667. The Kier molecular flexibility index (Phi) is 1.94. The summed E-state index contributed by atoms with van der Waals surface area (Å²) in [6.07, 6.45) is 3.22. The normalized spacial score (nSPS) is 37.5. The van der Waals surface area contributed by atoms with Crippen LogP contribution in [-0.2, 0) is 14.0 Å². The van der Waals surface area contributed by atoms with Crippen molar-refractivity contribution in [2.45, 2.75) is 38.0 Å². The van der Waals surface area contributed by atoms with Crippen LogP contribution in [0.3, 0.4) is 0 Å². The second-order valence-electron chi connectivity index (χ2n) is 4.48. The van der Waals surface area contributed by atoms with Crippen LogP contribution in [0.4, 0.5) is 0 Å². The zero-order valence-electron chi connectivity index (χ0n) is 8.11. The average Bonchev–Trinajstić information content (AvgIpc) is 2.71. The van der Waals surface area contributed by atoms with Gasteiger partial charge < -0.3 is 9.16 Å². The Balaban J connectivity index is 2.03. The maximum absolute atomic E-state index is 11.1. The van der Waals surface area contributed by atoms with Crippen LogP contribution in [0.25, 0.3) is 0 Å². The molecule has 13 heavy (non-hydrogen) atoms. The third kappa shape index (κ3) is 1.90. The lowest BCUT2D eigenvalue weighted by atomic mass is 10.0. The Morgan fingerprint density at radius 2 is 2.15 bits per heavy atom. The monoisotopic (exact) mass is 198 g/mol. The second kappa shape index (κ2) is 2.77. The summed E-state index contributed by atoms with van der Waals surface area (Å²) in [4.78, 5) is 11.1. The van der Waals surface area contributed by atoms with E-state index in [9.17, 15) is 4.79 Å². The topological polar surface area (TPSA) is 38.8 Å². The number of carbonyl (C=O) groups is 1. The predicted molar refractivity (Wildman–Crippen MR) is 51.0 cm³/mol. The molecular weight excluding hydrogens is 184 g/mol. The molecule has 0 N–H and O–H groups in total. The maximum Gasteiger partial charge on any atom is 0.186 e. The molecule has 1 aliphatic carbocycles. The molecule has 2 rings (SSSR count). The average molecular weight is 198 g/mol. The number of ether oxygens (including phenoxy) is 1. The molecule has 0 radical (unpaired) electrons. The molecule has 4 heteroatoms. The number of fused-ring (bicyclic) bond motifs is 1. The van der Waals surface area contributed by atoms with Gasteiger partial charge in [-0.15, -0.1) is 0 Å². The van der Waals surface area contributed by atoms with E-state index in [0.717, 1.165) is 0 Å². The predicted octanol–water partition coefficient (Wildman–Crippen LogP) is 1.11. The first-order valence-electron chi connectivity index (χ1n) is 4.53. The maximum atomic E-state index is 11.1. The third-order valence-corrected chi connectivity index (χ3v) is 3.05. The number of hydrogen-bond donors (Lipinski definition) is 0. The van der Waals surface area contributed by atoms with Crippen LogP contribution < -0.4 is 0 Å².